The van der Waals surface area contributed by atoms with E-state index in [0.29, 0.717) is 14.9 Å². The summed E-state index contributed by atoms with van der Waals surface area (Å²) in [5.41, 5.74) is 0.481. The highest BCUT2D eigenvalue weighted by Gasteiger charge is 2.06. The molecule has 0 spiro atoms. The van der Waals surface area contributed by atoms with Gasteiger partial charge in [0.1, 0.15) is 9.21 Å². The monoisotopic (exact) mass is 249 g/mol. The quantitative estimate of drug-likeness (QED) is 0.706. The lowest BCUT2D eigenvalue weighted by Gasteiger charge is -1.77. The minimum atomic E-state index is 0.481. The van der Waals surface area contributed by atoms with E-state index in [9.17, 15) is 0 Å². The molecule has 46 valence electrons. The summed E-state index contributed by atoms with van der Waals surface area (Å²) in [6.07, 6.45) is 0. The van der Waals surface area contributed by atoms with Gasteiger partial charge in [0.05, 0.1) is 6.57 Å². The van der Waals surface area contributed by atoms with Crippen molar-refractivity contribution in [2.24, 2.45) is 0 Å². The van der Waals surface area contributed by atoms with E-state index < -0.39 is 0 Å². The van der Waals surface area contributed by atoms with Crippen LogP contribution in [0.5, 0.6) is 0 Å². The molecule has 1 heterocycles. The Morgan fingerprint density at radius 3 is 2.44 bits per heavy atom. The third-order valence-corrected chi connectivity index (χ3v) is 1.87. The van der Waals surface area contributed by atoms with Crippen molar-refractivity contribution in [2.75, 3.05) is 0 Å². The van der Waals surface area contributed by atoms with E-state index in [1.807, 2.05) is 0 Å². The molecule has 5 heteroatoms. The van der Waals surface area contributed by atoms with Crippen LogP contribution in [0.25, 0.3) is 4.85 Å². The molecule has 1 aromatic heterocycles. The third-order valence-electron chi connectivity index (χ3n) is 0.767. The summed E-state index contributed by atoms with van der Waals surface area (Å²) in [6, 6.07) is 0. The zero-order valence-electron chi connectivity index (χ0n) is 4.15. The van der Waals surface area contributed by atoms with Crippen molar-refractivity contribution in [1.29, 1.82) is 0 Å². The topological polar surface area (TPSA) is 33.0 Å². The number of aromatic amines is 1. The van der Waals surface area contributed by atoms with Crippen LogP contribution >= 0.6 is 31.9 Å². The van der Waals surface area contributed by atoms with Gasteiger partial charge in [0.25, 0.3) is 5.69 Å². The zero-order valence-corrected chi connectivity index (χ0v) is 7.32. The average molecular weight is 251 g/mol. The van der Waals surface area contributed by atoms with Crippen LogP contribution in [0.2, 0.25) is 0 Å². The normalized spacial score (nSPS) is 9.00. The highest BCUT2D eigenvalue weighted by Crippen LogP contribution is 2.30. The number of hydrogen-bond acceptors (Lipinski definition) is 1. The Labute approximate surface area is 68.5 Å². The van der Waals surface area contributed by atoms with E-state index in [1.165, 1.54) is 0 Å². The SMILES string of the molecule is [C-]#[N+]c1c(Br)n[nH]c1Br. The maximum atomic E-state index is 6.65. The second-order valence-electron chi connectivity index (χ2n) is 1.29. The predicted octanol–water partition coefficient (Wildman–Crippen LogP) is 2.49. The van der Waals surface area contributed by atoms with Crippen molar-refractivity contribution in [3.63, 3.8) is 0 Å². The molecule has 0 bridgehead atoms. The van der Waals surface area contributed by atoms with E-state index >= 15 is 0 Å². The van der Waals surface area contributed by atoms with Crippen LogP contribution < -0.4 is 0 Å². The third kappa shape index (κ3) is 1.14. The number of hydrogen-bond donors (Lipinski definition) is 1. The fraction of sp³-hybridized carbons (Fsp3) is 0. The number of nitrogens with zero attached hydrogens (tertiary/aromatic N) is 2. The van der Waals surface area contributed by atoms with Gasteiger partial charge in [0.15, 0.2) is 0 Å². The average Bonchev–Trinajstić information content (AvgIpc) is 2.12. The molecule has 0 aliphatic heterocycles. The summed E-state index contributed by atoms with van der Waals surface area (Å²) in [5.74, 6) is 0. The molecule has 0 saturated carbocycles. The van der Waals surface area contributed by atoms with Crippen LogP contribution in [-0.4, -0.2) is 10.2 Å². The highest BCUT2D eigenvalue weighted by molar-refractivity contribution is 9.11. The van der Waals surface area contributed by atoms with Crippen molar-refractivity contribution in [1.82, 2.24) is 10.2 Å². The first-order valence-corrected chi connectivity index (χ1v) is 3.61. The Morgan fingerprint density at radius 2 is 2.22 bits per heavy atom. The van der Waals surface area contributed by atoms with Crippen LogP contribution in [0.15, 0.2) is 9.21 Å². The van der Waals surface area contributed by atoms with Crippen molar-refractivity contribution >= 4 is 37.5 Å². The molecular formula is C4HBr2N3. The van der Waals surface area contributed by atoms with Gasteiger partial charge in [-0.2, -0.15) is 5.10 Å². The van der Waals surface area contributed by atoms with Gasteiger partial charge in [0.2, 0.25) is 0 Å². The number of rotatable bonds is 0. The first-order valence-electron chi connectivity index (χ1n) is 2.02. The Kier molecular flexibility index (Phi) is 1.88. The Morgan fingerprint density at radius 1 is 1.56 bits per heavy atom. The maximum absolute atomic E-state index is 6.65. The van der Waals surface area contributed by atoms with Crippen molar-refractivity contribution in [2.45, 2.75) is 0 Å². The lowest BCUT2D eigenvalue weighted by atomic mass is 10.6. The summed E-state index contributed by atoms with van der Waals surface area (Å²) >= 11 is 6.21. The summed E-state index contributed by atoms with van der Waals surface area (Å²) < 4.78 is 1.16. The molecule has 0 aliphatic carbocycles. The molecule has 9 heavy (non-hydrogen) atoms. The van der Waals surface area contributed by atoms with Gasteiger partial charge in [-0.25, -0.2) is 4.85 Å². The molecule has 0 aromatic carbocycles. The maximum Gasteiger partial charge on any atom is 0.252 e. The minimum Gasteiger partial charge on any atom is -0.282 e. The van der Waals surface area contributed by atoms with Gasteiger partial charge < -0.3 is 0 Å². The van der Waals surface area contributed by atoms with Crippen LogP contribution in [0.1, 0.15) is 0 Å². The van der Waals surface area contributed by atoms with E-state index in [2.05, 4.69) is 46.9 Å². The highest BCUT2D eigenvalue weighted by atomic mass is 79.9. The molecule has 0 fully saturated rings. The summed E-state index contributed by atoms with van der Waals surface area (Å²) in [6.45, 7) is 6.65. The van der Waals surface area contributed by atoms with Crippen molar-refractivity contribution in [3.8, 4) is 0 Å². The molecule has 1 aromatic rings. The fourth-order valence-corrected chi connectivity index (χ4v) is 1.40. The fourth-order valence-electron chi connectivity index (χ4n) is 0.390. The molecule has 3 nitrogen and oxygen atoms in total. The second-order valence-corrected chi connectivity index (χ2v) is 2.83. The predicted molar refractivity (Wildman–Crippen MR) is 40.2 cm³/mol. The van der Waals surface area contributed by atoms with E-state index in [-0.39, 0.29) is 0 Å². The molecule has 1 N–H and O–H groups in total. The van der Waals surface area contributed by atoms with Gasteiger partial charge in [-0.05, 0) is 31.9 Å². The number of aromatic nitrogens is 2. The smallest absolute Gasteiger partial charge is 0.252 e. The van der Waals surface area contributed by atoms with E-state index in [1.54, 1.807) is 0 Å². The van der Waals surface area contributed by atoms with Gasteiger partial charge in [-0.15, -0.1) is 0 Å². The van der Waals surface area contributed by atoms with Crippen molar-refractivity contribution < 1.29 is 0 Å². The molecule has 0 radical (unpaired) electrons. The zero-order chi connectivity index (χ0) is 6.85. The van der Waals surface area contributed by atoms with Crippen molar-refractivity contribution in [3.05, 3.63) is 20.6 Å². The molecule has 0 amide bonds. The van der Waals surface area contributed by atoms with Gasteiger partial charge in [0, 0.05) is 0 Å². The molecule has 0 unspecified atom stereocenters. The minimum absolute atomic E-state index is 0.481. The Balaban J connectivity index is 3.27. The van der Waals surface area contributed by atoms with Crippen LogP contribution in [0.3, 0.4) is 0 Å². The molecule has 0 saturated heterocycles. The molecule has 0 aliphatic rings. The largest absolute Gasteiger partial charge is 0.282 e. The van der Waals surface area contributed by atoms with E-state index in [0.717, 1.165) is 0 Å². The van der Waals surface area contributed by atoms with Gasteiger partial charge in [-0.3, -0.25) is 5.10 Å². The van der Waals surface area contributed by atoms with E-state index in [4.69, 9.17) is 6.57 Å². The first-order chi connectivity index (χ1) is 4.25. The standard InChI is InChI=1S/C4HBr2N3/c1-7-2-3(5)8-9-4(2)6/h(H,8,9). The number of H-pyrrole nitrogens is 1. The van der Waals surface area contributed by atoms with Gasteiger partial charge >= 0.3 is 0 Å². The Hall–Kier alpha value is -0.340. The van der Waals surface area contributed by atoms with Gasteiger partial charge in [-0.1, -0.05) is 0 Å². The Bertz CT molecular complexity index is 240. The summed E-state index contributed by atoms with van der Waals surface area (Å²) in [5, 5.41) is 6.31. The van der Waals surface area contributed by atoms with Crippen LogP contribution in [0, 0.1) is 6.57 Å². The molecule has 1 rings (SSSR count). The number of nitrogens with one attached hydrogen (secondary N) is 1. The van der Waals surface area contributed by atoms with Crippen LogP contribution in [0.4, 0.5) is 5.69 Å². The number of halogens is 2. The lowest BCUT2D eigenvalue weighted by molar-refractivity contribution is 1.05. The van der Waals surface area contributed by atoms with Crippen LogP contribution in [-0.2, 0) is 0 Å². The molecular weight excluding hydrogens is 250 g/mol. The first kappa shape index (κ1) is 6.78. The lowest BCUT2D eigenvalue weighted by Crippen LogP contribution is -1.61. The summed E-state index contributed by atoms with van der Waals surface area (Å²) in [7, 11) is 0. The second kappa shape index (κ2) is 2.50. The summed E-state index contributed by atoms with van der Waals surface area (Å²) in [4.78, 5) is 3.19. The molecule has 0 atom stereocenters.